The highest BCUT2D eigenvalue weighted by atomic mass is 35.5. The number of rotatable bonds is 4. The standard InChI is InChI=1S/C14H12ClF3N2O5/c15-11-4-8(20(24)25)2-1-7(11)3-12(21)19-5-9(13(22)23)10(6-19)14(16,17)18/h1-2,4,9-10H,3,5-6H2,(H,22,23)/t9-,10-/m1/s1. The van der Waals surface area contributed by atoms with Crippen LogP contribution in [-0.4, -0.2) is 46.1 Å². The number of halogens is 4. The molecular weight excluding hydrogens is 369 g/mol. The molecule has 0 aliphatic carbocycles. The number of carboxylic acids is 1. The number of aliphatic carboxylic acids is 1. The molecular formula is C14H12ClF3N2O5. The van der Waals surface area contributed by atoms with Crippen LogP contribution in [0, 0.1) is 22.0 Å². The fraction of sp³-hybridized carbons (Fsp3) is 0.429. The minimum atomic E-state index is -4.73. The lowest BCUT2D eigenvalue weighted by atomic mass is 9.96. The van der Waals surface area contributed by atoms with Crippen LogP contribution in [0.2, 0.25) is 5.02 Å². The van der Waals surface area contributed by atoms with E-state index in [9.17, 15) is 32.9 Å². The van der Waals surface area contributed by atoms with Crippen molar-refractivity contribution in [2.24, 2.45) is 11.8 Å². The third kappa shape index (κ3) is 4.19. The Bertz CT molecular complexity index is 725. The number of benzene rings is 1. The van der Waals surface area contributed by atoms with Crippen molar-refractivity contribution < 1.29 is 32.8 Å². The minimum absolute atomic E-state index is 0.0658. The van der Waals surface area contributed by atoms with E-state index in [1.807, 2.05) is 0 Å². The third-order valence-electron chi connectivity index (χ3n) is 4.00. The number of hydrogen-bond acceptors (Lipinski definition) is 4. The highest BCUT2D eigenvalue weighted by molar-refractivity contribution is 6.31. The molecule has 0 spiro atoms. The fourth-order valence-corrected chi connectivity index (χ4v) is 2.90. The van der Waals surface area contributed by atoms with Crippen LogP contribution in [0.25, 0.3) is 0 Å². The van der Waals surface area contributed by atoms with Crippen molar-refractivity contribution in [2.75, 3.05) is 13.1 Å². The summed E-state index contributed by atoms with van der Waals surface area (Å²) in [5, 5.41) is 19.5. The first kappa shape index (κ1) is 19.0. The van der Waals surface area contributed by atoms with Crippen LogP contribution in [0.1, 0.15) is 5.56 Å². The molecule has 1 aliphatic rings. The number of non-ortho nitro benzene ring substituents is 1. The van der Waals surface area contributed by atoms with Gasteiger partial charge in [0.1, 0.15) is 0 Å². The Kier molecular flexibility index (Phi) is 5.21. The quantitative estimate of drug-likeness (QED) is 0.639. The first-order chi connectivity index (χ1) is 11.5. The number of hydrogen-bond donors (Lipinski definition) is 1. The van der Waals surface area contributed by atoms with Crippen LogP contribution in [-0.2, 0) is 16.0 Å². The van der Waals surface area contributed by atoms with Gasteiger partial charge in [0.05, 0.1) is 28.2 Å². The van der Waals surface area contributed by atoms with Crippen LogP contribution >= 0.6 is 11.6 Å². The number of carboxylic acid groups (broad SMARTS) is 1. The molecule has 0 unspecified atom stereocenters. The summed E-state index contributed by atoms with van der Waals surface area (Å²) in [6.07, 6.45) is -5.11. The third-order valence-corrected chi connectivity index (χ3v) is 4.35. The molecule has 1 heterocycles. The van der Waals surface area contributed by atoms with Gasteiger partial charge < -0.3 is 10.0 Å². The lowest BCUT2D eigenvalue weighted by molar-refractivity contribution is -0.384. The number of carbonyl (C=O) groups excluding carboxylic acids is 1. The number of carbonyl (C=O) groups is 2. The van der Waals surface area contributed by atoms with E-state index in [4.69, 9.17) is 16.7 Å². The second-order valence-corrected chi connectivity index (χ2v) is 6.01. The SMILES string of the molecule is O=C(O)[C@@H]1CN(C(=O)Cc2ccc([N+](=O)[O-])cc2Cl)C[C@H]1C(F)(F)F. The molecule has 2 rings (SSSR count). The van der Waals surface area contributed by atoms with Gasteiger partial charge in [-0.2, -0.15) is 13.2 Å². The lowest BCUT2D eigenvalue weighted by Gasteiger charge is -2.18. The van der Waals surface area contributed by atoms with Crippen molar-refractivity contribution in [2.45, 2.75) is 12.6 Å². The van der Waals surface area contributed by atoms with E-state index >= 15 is 0 Å². The Balaban J connectivity index is 2.14. The van der Waals surface area contributed by atoms with Gasteiger partial charge >= 0.3 is 12.1 Å². The second-order valence-electron chi connectivity index (χ2n) is 5.60. The molecule has 1 amide bonds. The molecule has 1 fully saturated rings. The number of nitro benzene ring substituents is 1. The Labute approximate surface area is 144 Å². The summed E-state index contributed by atoms with van der Waals surface area (Å²) in [7, 11) is 0. The van der Waals surface area contributed by atoms with Crippen LogP contribution in [0.4, 0.5) is 18.9 Å². The van der Waals surface area contributed by atoms with Gasteiger partial charge in [-0.1, -0.05) is 17.7 Å². The highest BCUT2D eigenvalue weighted by Gasteiger charge is 2.53. The molecule has 11 heteroatoms. The van der Waals surface area contributed by atoms with Gasteiger partial charge in [0.2, 0.25) is 5.91 Å². The van der Waals surface area contributed by atoms with E-state index in [-0.39, 0.29) is 22.7 Å². The van der Waals surface area contributed by atoms with Crippen molar-refractivity contribution in [3.63, 3.8) is 0 Å². The smallest absolute Gasteiger partial charge is 0.394 e. The van der Waals surface area contributed by atoms with Crippen LogP contribution in [0.3, 0.4) is 0 Å². The molecule has 0 aromatic heterocycles. The molecule has 0 saturated carbocycles. The lowest BCUT2D eigenvalue weighted by Crippen LogP contribution is -2.34. The van der Waals surface area contributed by atoms with E-state index in [0.717, 1.165) is 17.0 Å². The second kappa shape index (κ2) is 6.87. The number of likely N-dealkylation sites (tertiary alicyclic amines) is 1. The monoisotopic (exact) mass is 380 g/mol. The predicted octanol–water partition coefficient (Wildman–Crippen LogP) is 2.51. The number of alkyl halides is 3. The summed E-state index contributed by atoms with van der Waals surface area (Å²) in [5.41, 5.74) is -0.0787. The summed E-state index contributed by atoms with van der Waals surface area (Å²) in [6.45, 7) is -1.30. The molecule has 0 radical (unpaired) electrons. The molecule has 25 heavy (non-hydrogen) atoms. The Morgan fingerprint density at radius 1 is 1.36 bits per heavy atom. The first-order valence-corrected chi connectivity index (χ1v) is 7.38. The van der Waals surface area contributed by atoms with Gasteiger partial charge in [-0.3, -0.25) is 19.7 Å². The summed E-state index contributed by atoms with van der Waals surface area (Å²) >= 11 is 5.86. The van der Waals surface area contributed by atoms with Gasteiger partial charge in [-0.15, -0.1) is 0 Å². The largest absolute Gasteiger partial charge is 0.481 e. The van der Waals surface area contributed by atoms with Crippen molar-refractivity contribution in [1.82, 2.24) is 4.90 Å². The van der Waals surface area contributed by atoms with Crippen LogP contribution in [0.5, 0.6) is 0 Å². The van der Waals surface area contributed by atoms with Gasteiger partial charge in [-0.05, 0) is 5.56 Å². The Morgan fingerprint density at radius 3 is 2.44 bits per heavy atom. The normalized spacial score (nSPS) is 20.6. The van der Waals surface area contributed by atoms with Crippen LogP contribution in [0.15, 0.2) is 18.2 Å². The Morgan fingerprint density at radius 2 is 2.00 bits per heavy atom. The molecule has 1 aliphatic heterocycles. The number of amides is 1. The van der Waals surface area contributed by atoms with E-state index in [1.165, 1.54) is 6.07 Å². The van der Waals surface area contributed by atoms with Crippen molar-refractivity contribution in [3.8, 4) is 0 Å². The summed E-state index contributed by atoms with van der Waals surface area (Å²) in [6, 6.07) is 3.40. The van der Waals surface area contributed by atoms with E-state index < -0.39 is 47.9 Å². The van der Waals surface area contributed by atoms with Gasteiger partial charge in [0.25, 0.3) is 5.69 Å². The first-order valence-electron chi connectivity index (χ1n) is 7.00. The average Bonchev–Trinajstić information content (AvgIpc) is 2.94. The molecule has 1 aromatic carbocycles. The molecule has 1 aromatic rings. The number of nitro groups is 1. The molecule has 1 saturated heterocycles. The number of nitrogens with zero attached hydrogens (tertiary/aromatic N) is 2. The molecule has 7 nitrogen and oxygen atoms in total. The van der Waals surface area contributed by atoms with Crippen molar-refractivity contribution >= 4 is 29.2 Å². The maximum Gasteiger partial charge on any atom is 0.394 e. The van der Waals surface area contributed by atoms with Crippen LogP contribution < -0.4 is 0 Å². The van der Waals surface area contributed by atoms with Gasteiger partial charge in [0, 0.05) is 25.2 Å². The van der Waals surface area contributed by atoms with Gasteiger partial charge in [-0.25, -0.2) is 0 Å². The summed E-state index contributed by atoms with van der Waals surface area (Å²) in [5.74, 6) is -6.21. The minimum Gasteiger partial charge on any atom is -0.481 e. The van der Waals surface area contributed by atoms with Gasteiger partial charge in [0.15, 0.2) is 0 Å². The Hall–Kier alpha value is -2.36. The average molecular weight is 381 g/mol. The molecule has 1 N–H and O–H groups in total. The van der Waals surface area contributed by atoms with Crippen molar-refractivity contribution in [1.29, 1.82) is 0 Å². The van der Waals surface area contributed by atoms with E-state index in [1.54, 1.807) is 0 Å². The zero-order valence-corrected chi connectivity index (χ0v) is 13.3. The predicted molar refractivity (Wildman–Crippen MR) is 79.1 cm³/mol. The zero-order valence-electron chi connectivity index (χ0n) is 12.5. The van der Waals surface area contributed by atoms with E-state index in [0.29, 0.717) is 0 Å². The summed E-state index contributed by atoms with van der Waals surface area (Å²) < 4.78 is 38.8. The maximum absolute atomic E-state index is 12.9. The molecule has 136 valence electrons. The maximum atomic E-state index is 12.9. The topological polar surface area (TPSA) is 101 Å². The fourth-order valence-electron chi connectivity index (χ4n) is 2.66. The highest BCUT2D eigenvalue weighted by Crippen LogP contribution is 2.38. The molecule has 2 atom stereocenters. The van der Waals surface area contributed by atoms with E-state index in [2.05, 4.69) is 0 Å². The summed E-state index contributed by atoms with van der Waals surface area (Å²) in [4.78, 5) is 34.0. The zero-order chi connectivity index (χ0) is 18.9. The van der Waals surface area contributed by atoms with Crippen molar-refractivity contribution in [3.05, 3.63) is 38.9 Å². The molecule has 0 bridgehead atoms.